The quantitative estimate of drug-likeness (QED) is 0.722. The van der Waals surface area contributed by atoms with E-state index in [1.165, 1.54) is 0 Å². The molecular weight excluding hydrogens is 232 g/mol. The molecule has 0 radical (unpaired) electrons. The van der Waals surface area contributed by atoms with E-state index in [2.05, 4.69) is 12.2 Å². The second kappa shape index (κ2) is 8.45. The van der Waals surface area contributed by atoms with E-state index in [1.54, 1.807) is 14.2 Å². The molecule has 0 unspecified atom stereocenters. The second-order valence-corrected chi connectivity index (χ2v) is 4.89. The van der Waals surface area contributed by atoms with Crippen molar-refractivity contribution in [1.29, 1.82) is 0 Å². The Morgan fingerprint density at radius 1 is 1.28 bits per heavy atom. The molecular formula is C13H26N2O3. The molecule has 2 atom stereocenters. The molecule has 1 N–H and O–H groups in total. The van der Waals surface area contributed by atoms with Crippen LogP contribution in [0.1, 0.15) is 19.8 Å². The molecule has 0 aromatic heterocycles. The van der Waals surface area contributed by atoms with Crippen molar-refractivity contribution in [3.8, 4) is 0 Å². The summed E-state index contributed by atoms with van der Waals surface area (Å²) in [5.41, 5.74) is 0. The highest BCUT2D eigenvalue weighted by atomic mass is 16.5. The minimum absolute atomic E-state index is 0.148. The maximum Gasteiger partial charge on any atom is 0.225 e. The Kier molecular flexibility index (Phi) is 7.23. The number of nitrogens with one attached hydrogen (secondary N) is 1. The summed E-state index contributed by atoms with van der Waals surface area (Å²) in [6, 6.07) is 0.430. The summed E-state index contributed by atoms with van der Waals surface area (Å²) in [5, 5.41) is 3.37. The fourth-order valence-corrected chi connectivity index (χ4v) is 2.35. The molecule has 1 aliphatic rings. The van der Waals surface area contributed by atoms with Crippen molar-refractivity contribution in [3.05, 3.63) is 0 Å². The lowest BCUT2D eigenvalue weighted by Gasteiger charge is -2.32. The summed E-state index contributed by atoms with van der Waals surface area (Å²) in [6.07, 6.45) is 1.86. The minimum Gasteiger partial charge on any atom is -0.383 e. The zero-order chi connectivity index (χ0) is 13.4. The maximum absolute atomic E-state index is 12.4. The molecule has 0 spiro atoms. The average Bonchev–Trinajstić information content (AvgIpc) is 2.38. The van der Waals surface area contributed by atoms with Crippen molar-refractivity contribution in [1.82, 2.24) is 10.2 Å². The number of nitrogens with zero attached hydrogens (tertiary/aromatic N) is 1. The fraction of sp³-hybridized carbons (Fsp3) is 0.923. The summed E-state index contributed by atoms with van der Waals surface area (Å²) in [4.78, 5) is 14.3. The maximum atomic E-state index is 12.4. The molecule has 0 aromatic rings. The highest BCUT2D eigenvalue weighted by Gasteiger charge is 2.28. The van der Waals surface area contributed by atoms with Crippen LogP contribution >= 0.6 is 0 Å². The Bertz CT molecular complexity index is 240. The zero-order valence-corrected chi connectivity index (χ0v) is 11.8. The Balaban J connectivity index is 2.50. The van der Waals surface area contributed by atoms with Gasteiger partial charge in [-0.2, -0.15) is 0 Å². The SMILES string of the molecule is COCCN(CCOC)C(=O)[C@H]1CCN[C@@H](C)C1. The number of ether oxygens (including phenoxy) is 2. The number of rotatable bonds is 7. The summed E-state index contributed by atoms with van der Waals surface area (Å²) in [6.45, 7) is 5.52. The van der Waals surface area contributed by atoms with Crippen molar-refractivity contribution in [3.63, 3.8) is 0 Å². The van der Waals surface area contributed by atoms with E-state index in [0.717, 1.165) is 19.4 Å². The molecule has 0 aromatic carbocycles. The molecule has 5 heteroatoms. The van der Waals surface area contributed by atoms with Crippen LogP contribution in [0.25, 0.3) is 0 Å². The standard InChI is InChI=1S/C13H26N2O3/c1-11-10-12(4-5-14-11)13(16)15(6-8-17-2)7-9-18-3/h11-12,14H,4-10H2,1-3H3/t11-,12-/m0/s1. The number of hydrogen-bond donors (Lipinski definition) is 1. The van der Waals surface area contributed by atoms with E-state index >= 15 is 0 Å². The van der Waals surface area contributed by atoms with Gasteiger partial charge in [0.1, 0.15) is 0 Å². The lowest BCUT2D eigenvalue weighted by molar-refractivity contribution is -0.138. The second-order valence-electron chi connectivity index (χ2n) is 4.89. The predicted octanol–water partition coefficient (Wildman–Crippen LogP) is 0.496. The summed E-state index contributed by atoms with van der Waals surface area (Å²) >= 11 is 0. The van der Waals surface area contributed by atoms with Crippen LogP contribution in [0.5, 0.6) is 0 Å². The van der Waals surface area contributed by atoms with Crippen molar-refractivity contribution in [2.75, 3.05) is 47.1 Å². The molecule has 1 rings (SSSR count). The average molecular weight is 258 g/mol. The summed E-state index contributed by atoms with van der Waals surface area (Å²) < 4.78 is 10.1. The topological polar surface area (TPSA) is 50.8 Å². The van der Waals surface area contributed by atoms with Gasteiger partial charge in [-0.25, -0.2) is 0 Å². The molecule has 1 aliphatic heterocycles. The van der Waals surface area contributed by atoms with Crippen LogP contribution < -0.4 is 5.32 Å². The Hall–Kier alpha value is -0.650. The number of carbonyl (C=O) groups excluding carboxylic acids is 1. The van der Waals surface area contributed by atoms with Gasteiger partial charge in [-0.3, -0.25) is 4.79 Å². The van der Waals surface area contributed by atoms with Gasteiger partial charge >= 0.3 is 0 Å². The molecule has 1 saturated heterocycles. The van der Waals surface area contributed by atoms with E-state index in [0.29, 0.717) is 32.3 Å². The van der Waals surface area contributed by atoms with Gasteiger partial charge in [0.05, 0.1) is 13.2 Å². The van der Waals surface area contributed by atoms with E-state index in [1.807, 2.05) is 4.90 Å². The molecule has 106 valence electrons. The van der Waals surface area contributed by atoms with Crippen LogP contribution in [0, 0.1) is 5.92 Å². The van der Waals surface area contributed by atoms with Crippen LogP contribution in [-0.4, -0.2) is 63.9 Å². The van der Waals surface area contributed by atoms with Crippen molar-refractivity contribution < 1.29 is 14.3 Å². The van der Waals surface area contributed by atoms with Crippen LogP contribution in [0.2, 0.25) is 0 Å². The number of carbonyl (C=O) groups is 1. The lowest BCUT2D eigenvalue weighted by Crippen LogP contribution is -2.46. The molecule has 0 bridgehead atoms. The molecule has 5 nitrogen and oxygen atoms in total. The summed E-state index contributed by atoms with van der Waals surface area (Å²) in [5.74, 6) is 0.396. The van der Waals surface area contributed by atoms with Crippen molar-refractivity contribution >= 4 is 5.91 Å². The molecule has 18 heavy (non-hydrogen) atoms. The van der Waals surface area contributed by atoms with Gasteiger partial charge in [0.2, 0.25) is 5.91 Å². The zero-order valence-electron chi connectivity index (χ0n) is 11.8. The third kappa shape index (κ3) is 4.92. The van der Waals surface area contributed by atoms with Gasteiger partial charge in [0.25, 0.3) is 0 Å². The van der Waals surface area contributed by atoms with Gasteiger partial charge in [0.15, 0.2) is 0 Å². The molecule has 1 heterocycles. The van der Waals surface area contributed by atoms with Crippen molar-refractivity contribution in [2.45, 2.75) is 25.8 Å². The van der Waals surface area contributed by atoms with Crippen LogP contribution in [0.3, 0.4) is 0 Å². The van der Waals surface area contributed by atoms with Crippen LogP contribution in [0.4, 0.5) is 0 Å². The first-order chi connectivity index (χ1) is 8.69. The normalized spacial score (nSPS) is 23.9. The number of piperidine rings is 1. The first-order valence-corrected chi connectivity index (χ1v) is 6.69. The number of methoxy groups -OCH3 is 2. The Morgan fingerprint density at radius 3 is 2.39 bits per heavy atom. The fourth-order valence-electron chi connectivity index (χ4n) is 2.35. The molecule has 1 amide bonds. The molecule has 0 aliphatic carbocycles. The lowest BCUT2D eigenvalue weighted by atomic mass is 9.92. The van der Waals surface area contributed by atoms with Gasteiger partial charge < -0.3 is 19.7 Å². The smallest absolute Gasteiger partial charge is 0.225 e. The highest BCUT2D eigenvalue weighted by molar-refractivity contribution is 5.79. The van der Waals surface area contributed by atoms with Crippen molar-refractivity contribution in [2.24, 2.45) is 5.92 Å². The molecule has 1 fully saturated rings. The van der Waals surface area contributed by atoms with Gasteiger partial charge in [-0.15, -0.1) is 0 Å². The largest absolute Gasteiger partial charge is 0.383 e. The van der Waals surface area contributed by atoms with E-state index < -0.39 is 0 Å². The third-order valence-electron chi connectivity index (χ3n) is 3.42. The van der Waals surface area contributed by atoms with Gasteiger partial charge in [-0.1, -0.05) is 0 Å². The van der Waals surface area contributed by atoms with E-state index in [-0.39, 0.29) is 11.8 Å². The molecule has 0 saturated carbocycles. The van der Waals surface area contributed by atoms with Gasteiger partial charge in [0, 0.05) is 39.3 Å². The van der Waals surface area contributed by atoms with Crippen LogP contribution in [0.15, 0.2) is 0 Å². The first kappa shape index (κ1) is 15.4. The first-order valence-electron chi connectivity index (χ1n) is 6.69. The number of hydrogen-bond acceptors (Lipinski definition) is 4. The third-order valence-corrected chi connectivity index (χ3v) is 3.42. The summed E-state index contributed by atoms with van der Waals surface area (Å²) in [7, 11) is 3.32. The predicted molar refractivity (Wildman–Crippen MR) is 70.5 cm³/mol. The highest BCUT2D eigenvalue weighted by Crippen LogP contribution is 2.18. The number of amides is 1. The minimum atomic E-state index is 0.148. The monoisotopic (exact) mass is 258 g/mol. The van der Waals surface area contributed by atoms with Gasteiger partial charge in [-0.05, 0) is 26.3 Å². The van der Waals surface area contributed by atoms with E-state index in [9.17, 15) is 4.79 Å². The Morgan fingerprint density at radius 2 is 1.89 bits per heavy atom. The Labute approximate surface area is 110 Å². The van der Waals surface area contributed by atoms with Crippen LogP contribution in [-0.2, 0) is 14.3 Å². The van der Waals surface area contributed by atoms with E-state index in [4.69, 9.17) is 9.47 Å².